The van der Waals surface area contributed by atoms with Crippen LogP contribution in [0.5, 0.6) is 0 Å². The Bertz CT molecular complexity index is 916. The van der Waals surface area contributed by atoms with Gasteiger partial charge in [0.05, 0.1) is 11.5 Å². The Morgan fingerprint density at radius 1 is 1.31 bits per heavy atom. The van der Waals surface area contributed by atoms with Crippen molar-refractivity contribution in [1.29, 1.82) is 0 Å². The first-order valence-corrected chi connectivity index (χ1v) is 8.64. The highest BCUT2D eigenvalue weighted by Crippen LogP contribution is 2.28. The lowest BCUT2D eigenvalue weighted by molar-refractivity contribution is 0.0695. The highest BCUT2D eigenvalue weighted by Gasteiger charge is 2.29. The van der Waals surface area contributed by atoms with E-state index in [1.54, 1.807) is 18.3 Å². The third-order valence-electron chi connectivity index (χ3n) is 4.78. The number of rotatable bonds is 3. The molecule has 26 heavy (non-hydrogen) atoms. The summed E-state index contributed by atoms with van der Waals surface area (Å²) in [6, 6.07) is 5.97. The molecule has 7 heteroatoms. The summed E-state index contributed by atoms with van der Waals surface area (Å²) >= 11 is 0. The second-order valence-corrected chi connectivity index (χ2v) is 6.61. The van der Waals surface area contributed by atoms with Crippen molar-refractivity contribution in [2.45, 2.75) is 25.7 Å². The number of carbonyl (C=O) groups excluding carboxylic acids is 1. The number of amides is 1. The zero-order chi connectivity index (χ0) is 18.1. The largest absolute Gasteiger partial charge is 0.367 e. The number of nitrogens with one attached hydrogen (secondary N) is 1. The van der Waals surface area contributed by atoms with Gasteiger partial charge in [0.25, 0.3) is 5.91 Å². The number of aryl methyl sites for hydroxylation is 1. The lowest BCUT2D eigenvalue weighted by Crippen LogP contribution is -2.39. The molecule has 1 atom stereocenters. The van der Waals surface area contributed by atoms with Crippen molar-refractivity contribution in [3.8, 4) is 11.4 Å². The van der Waals surface area contributed by atoms with E-state index in [4.69, 9.17) is 4.52 Å². The number of carbonyl (C=O) groups is 1. The van der Waals surface area contributed by atoms with Crippen LogP contribution >= 0.6 is 0 Å². The summed E-state index contributed by atoms with van der Waals surface area (Å²) in [6.07, 6.45) is 5.33. The first kappa shape index (κ1) is 16.5. The SMILES string of the molecule is Cc1c[nH]cc1C(=O)N1CCCC(c2nc(-c3ccc(F)cc3)no2)C1. The molecule has 0 aliphatic carbocycles. The molecule has 1 unspecified atom stereocenters. The highest BCUT2D eigenvalue weighted by molar-refractivity contribution is 5.95. The van der Waals surface area contributed by atoms with E-state index < -0.39 is 0 Å². The quantitative estimate of drug-likeness (QED) is 0.781. The molecule has 1 fully saturated rings. The first-order valence-electron chi connectivity index (χ1n) is 8.64. The maximum atomic E-state index is 13.1. The minimum Gasteiger partial charge on any atom is -0.367 e. The average Bonchev–Trinajstić information content (AvgIpc) is 3.31. The molecule has 1 amide bonds. The van der Waals surface area contributed by atoms with Crippen molar-refractivity contribution in [2.24, 2.45) is 0 Å². The van der Waals surface area contributed by atoms with Crippen LogP contribution in [0.15, 0.2) is 41.2 Å². The fourth-order valence-electron chi connectivity index (χ4n) is 3.32. The second kappa shape index (κ2) is 6.74. The van der Waals surface area contributed by atoms with Crippen LogP contribution in [0.3, 0.4) is 0 Å². The van der Waals surface area contributed by atoms with Crippen molar-refractivity contribution in [3.63, 3.8) is 0 Å². The molecular weight excluding hydrogens is 335 g/mol. The van der Waals surface area contributed by atoms with Crippen molar-refractivity contribution in [3.05, 3.63) is 59.5 Å². The van der Waals surface area contributed by atoms with Crippen molar-refractivity contribution >= 4 is 5.91 Å². The van der Waals surface area contributed by atoms with Crippen molar-refractivity contribution in [1.82, 2.24) is 20.0 Å². The fourth-order valence-corrected chi connectivity index (χ4v) is 3.32. The van der Waals surface area contributed by atoms with E-state index in [-0.39, 0.29) is 17.6 Å². The average molecular weight is 354 g/mol. The summed E-state index contributed by atoms with van der Waals surface area (Å²) in [7, 11) is 0. The van der Waals surface area contributed by atoms with Gasteiger partial charge >= 0.3 is 0 Å². The van der Waals surface area contributed by atoms with Gasteiger partial charge in [0.1, 0.15) is 5.82 Å². The van der Waals surface area contributed by atoms with Crippen LogP contribution < -0.4 is 0 Å². The number of halogens is 1. The van der Waals surface area contributed by atoms with Crippen molar-refractivity contribution in [2.75, 3.05) is 13.1 Å². The highest BCUT2D eigenvalue weighted by atomic mass is 19.1. The third kappa shape index (κ3) is 3.12. The van der Waals surface area contributed by atoms with E-state index in [0.717, 1.165) is 24.9 Å². The van der Waals surface area contributed by atoms with Gasteiger partial charge in [0, 0.05) is 31.0 Å². The van der Waals surface area contributed by atoms with Crippen LogP contribution in [-0.2, 0) is 0 Å². The molecule has 2 aromatic heterocycles. The van der Waals surface area contributed by atoms with Gasteiger partial charge in [-0.25, -0.2) is 4.39 Å². The van der Waals surface area contributed by atoms with Crippen LogP contribution in [-0.4, -0.2) is 39.0 Å². The number of H-pyrrole nitrogens is 1. The topological polar surface area (TPSA) is 75.0 Å². The molecule has 0 radical (unpaired) electrons. The predicted molar refractivity (Wildman–Crippen MR) is 93.1 cm³/mol. The molecule has 0 saturated carbocycles. The number of aromatic amines is 1. The smallest absolute Gasteiger partial charge is 0.255 e. The zero-order valence-electron chi connectivity index (χ0n) is 14.4. The van der Waals surface area contributed by atoms with E-state index in [0.29, 0.717) is 29.4 Å². The number of likely N-dealkylation sites (tertiary alicyclic amines) is 1. The van der Waals surface area contributed by atoms with Gasteiger partial charge in [0.15, 0.2) is 0 Å². The molecule has 3 aromatic rings. The Labute approximate surface area is 150 Å². The molecule has 1 N–H and O–H groups in total. The first-order chi connectivity index (χ1) is 12.6. The minimum atomic E-state index is -0.307. The Hall–Kier alpha value is -2.96. The second-order valence-electron chi connectivity index (χ2n) is 6.61. The lowest BCUT2D eigenvalue weighted by Gasteiger charge is -2.31. The standard InChI is InChI=1S/C19H19FN4O2/c1-12-9-21-10-16(12)19(25)24-8-2-3-14(11-24)18-22-17(23-26-18)13-4-6-15(20)7-5-13/h4-7,9-10,14,21H,2-3,8,11H2,1H3. The van der Waals surface area contributed by atoms with E-state index in [1.165, 1.54) is 12.1 Å². The maximum absolute atomic E-state index is 13.1. The normalized spacial score (nSPS) is 17.5. The number of hydrogen-bond acceptors (Lipinski definition) is 4. The van der Waals surface area contributed by atoms with Crippen LogP contribution in [0.1, 0.15) is 40.6 Å². The summed E-state index contributed by atoms with van der Waals surface area (Å²) in [6.45, 7) is 3.19. The minimum absolute atomic E-state index is 0.00801. The Balaban J connectivity index is 1.51. The zero-order valence-corrected chi connectivity index (χ0v) is 14.4. The number of piperidine rings is 1. The van der Waals surface area contributed by atoms with E-state index in [9.17, 15) is 9.18 Å². The molecule has 4 rings (SSSR count). The van der Waals surface area contributed by atoms with Crippen LogP contribution in [0.4, 0.5) is 4.39 Å². The fraction of sp³-hybridized carbons (Fsp3) is 0.316. The van der Waals surface area contributed by atoms with Gasteiger partial charge in [-0.2, -0.15) is 4.98 Å². The van der Waals surface area contributed by atoms with Gasteiger partial charge in [-0.1, -0.05) is 5.16 Å². The monoisotopic (exact) mass is 354 g/mol. The summed E-state index contributed by atoms with van der Waals surface area (Å²) in [5, 5.41) is 4.01. The number of aromatic nitrogens is 3. The lowest BCUT2D eigenvalue weighted by atomic mass is 9.97. The molecular formula is C19H19FN4O2. The Kier molecular flexibility index (Phi) is 4.28. The molecule has 1 aromatic carbocycles. The molecule has 134 valence electrons. The number of hydrogen-bond donors (Lipinski definition) is 1. The maximum Gasteiger partial charge on any atom is 0.255 e. The van der Waals surface area contributed by atoms with E-state index >= 15 is 0 Å². The summed E-state index contributed by atoms with van der Waals surface area (Å²) < 4.78 is 18.5. The molecule has 6 nitrogen and oxygen atoms in total. The third-order valence-corrected chi connectivity index (χ3v) is 4.78. The van der Waals surface area contributed by atoms with Gasteiger partial charge < -0.3 is 14.4 Å². The summed E-state index contributed by atoms with van der Waals surface area (Å²) in [5.41, 5.74) is 2.34. The molecule has 1 aliphatic heterocycles. The number of nitrogens with zero attached hydrogens (tertiary/aromatic N) is 3. The van der Waals surface area contributed by atoms with Gasteiger partial charge in [-0.05, 0) is 49.6 Å². The number of benzene rings is 1. The summed E-state index contributed by atoms with van der Waals surface area (Å²) in [4.78, 5) is 22.0. The molecule has 1 saturated heterocycles. The van der Waals surface area contributed by atoms with Crippen LogP contribution in [0.2, 0.25) is 0 Å². The summed E-state index contributed by atoms with van der Waals surface area (Å²) in [5.74, 6) is 0.678. The predicted octanol–water partition coefficient (Wildman–Crippen LogP) is 3.53. The van der Waals surface area contributed by atoms with Crippen LogP contribution in [0.25, 0.3) is 11.4 Å². The van der Waals surface area contributed by atoms with E-state index in [2.05, 4.69) is 15.1 Å². The Morgan fingerprint density at radius 2 is 2.12 bits per heavy atom. The molecule has 0 bridgehead atoms. The van der Waals surface area contributed by atoms with Gasteiger partial charge in [-0.3, -0.25) is 4.79 Å². The molecule has 0 spiro atoms. The van der Waals surface area contributed by atoms with Gasteiger partial charge in [-0.15, -0.1) is 0 Å². The van der Waals surface area contributed by atoms with E-state index in [1.807, 2.05) is 18.0 Å². The Morgan fingerprint density at radius 3 is 2.85 bits per heavy atom. The van der Waals surface area contributed by atoms with Crippen molar-refractivity contribution < 1.29 is 13.7 Å². The van der Waals surface area contributed by atoms with Gasteiger partial charge in [0.2, 0.25) is 11.7 Å². The molecule has 3 heterocycles. The van der Waals surface area contributed by atoms with Crippen LogP contribution in [0, 0.1) is 12.7 Å². The molecule has 1 aliphatic rings.